The van der Waals surface area contributed by atoms with Crippen LogP contribution >= 0.6 is 23.4 Å². The van der Waals surface area contributed by atoms with Gasteiger partial charge in [0.2, 0.25) is 5.79 Å². The minimum atomic E-state index is -0.638. The molecule has 0 amide bonds. The quantitative estimate of drug-likeness (QED) is 0.327. The Balaban J connectivity index is 1.24. The van der Waals surface area contributed by atoms with Gasteiger partial charge in [0.15, 0.2) is 6.54 Å². The Bertz CT molecular complexity index is 1150. The van der Waals surface area contributed by atoms with Gasteiger partial charge in [0.05, 0.1) is 12.7 Å². The van der Waals surface area contributed by atoms with Gasteiger partial charge in [-0.3, -0.25) is 0 Å². The fourth-order valence-electron chi connectivity index (χ4n) is 4.16. The van der Waals surface area contributed by atoms with E-state index in [0.29, 0.717) is 19.7 Å². The first-order valence-corrected chi connectivity index (χ1v) is 12.3. The van der Waals surface area contributed by atoms with Gasteiger partial charge in [0.1, 0.15) is 12.8 Å². The van der Waals surface area contributed by atoms with Crippen molar-refractivity contribution in [1.82, 2.24) is 0 Å². The van der Waals surface area contributed by atoms with Crippen LogP contribution in [0.4, 0.5) is 0 Å². The Labute approximate surface area is 197 Å². The largest absolute Gasteiger partial charge is 0.344 e. The fourth-order valence-corrected chi connectivity index (χ4v) is 5.20. The molecule has 4 nitrogen and oxygen atoms in total. The summed E-state index contributed by atoms with van der Waals surface area (Å²) in [5.74, 6) is 0.222. The molecule has 0 bridgehead atoms. The average molecular weight is 466 g/mol. The summed E-state index contributed by atoms with van der Waals surface area (Å²) in [7, 11) is 0. The number of aliphatic imine (C=N–C) groups is 1. The van der Waals surface area contributed by atoms with Crippen LogP contribution in [0.5, 0.6) is 0 Å². The van der Waals surface area contributed by atoms with E-state index < -0.39 is 5.79 Å². The molecule has 6 heteroatoms. The zero-order chi connectivity index (χ0) is 21.8. The minimum Gasteiger partial charge on any atom is -0.344 e. The van der Waals surface area contributed by atoms with Crippen LogP contribution in [0, 0.1) is 0 Å². The maximum atomic E-state index is 6.57. The highest BCUT2D eigenvalue weighted by Crippen LogP contribution is 2.33. The molecule has 0 saturated carbocycles. The van der Waals surface area contributed by atoms with E-state index in [-0.39, 0.29) is 6.10 Å². The van der Waals surface area contributed by atoms with Crippen molar-refractivity contribution in [1.29, 1.82) is 0 Å². The van der Waals surface area contributed by atoms with Crippen LogP contribution in [0.25, 0.3) is 10.8 Å². The number of ether oxygens (including phenoxy) is 2. The van der Waals surface area contributed by atoms with E-state index in [0.717, 1.165) is 23.6 Å². The predicted molar refractivity (Wildman–Crippen MR) is 133 cm³/mol. The normalized spacial score (nSPS) is 22.5. The van der Waals surface area contributed by atoms with Gasteiger partial charge in [0.25, 0.3) is 6.34 Å². The minimum absolute atomic E-state index is 0.0521. The molecule has 3 aromatic carbocycles. The van der Waals surface area contributed by atoms with Crippen molar-refractivity contribution >= 4 is 46.7 Å². The van der Waals surface area contributed by atoms with Gasteiger partial charge in [-0.05, 0) is 47.0 Å². The second-order valence-electron chi connectivity index (χ2n) is 8.24. The summed E-state index contributed by atoms with van der Waals surface area (Å²) < 4.78 is 15.0. The second-order valence-corrected chi connectivity index (χ2v) is 9.77. The molecule has 3 aromatic rings. The molecular weight excluding hydrogens is 440 g/mol. The Hall–Kier alpha value is -2.18. The van der Waals surface area contributed by atoms with Crippen molar-refractivity contribution in [2.45, 2.75) is 29.6 Å². The maximum absolute atomic E-state index is 6.57. The SMILES string of the molecule is Clc1ccc(CC[C@]2(C[N+]3=CCN=C3)OC[C@@H](CSc3ccc4ccccc4c3)O2)cc1. The van der Waals surface area contributed by atoms with Crippen LogP contribution in [0.3, 0.4) is 0 Å². The smallest absolute Gasteiger partial charge is 0.280 e. The Morgan fingerprint density at radius 2 is 1.91 bits per heavy atom. The van der Waals surface area contributed by atoms with Gasteiger partial charge in [-0.25, -0.2) is 4.58 Å². The number of hydrogen-bond acceptors (Lipinski definition) is 4. The molecule has 164 valence electrons. The summed E-state index contributed by atoms with van der Waals surface area (Å²) in [6, 6.07) is 23.1. The highest BCUT2D eigenvalue weighted by atomic mass is 35.5. The number of halogens is 1. The number of aryl methyl sites for hydroxylation is 1. The molecule has 0 spiro atoms. The first kappa shape index (κ1) is 21.7. The lowest BCUT2D eigenvalue weighted by Crippen LogP contribution is -2.41. The van der Waals surface area contributed by atoms with E-state index >= 15 is 0 Å². The van der Waals surface area contributed by atoms with Gasteiger partial charge >= 0.3 is 0 Å². The lowest BCUT2D eigenvalue weighted by Gasteiger charge is -2.27. The van der Waals surface area contributed by atoms with Crippen LogP contribution in [-0.2, 0) is 15.9 Å². The number of thioether (sulfide) groups is 1. The van der Waals surface area contributed by atoms with Crippen molar-refractivity contribution in [2.75, 3.05) is 25.4 Å². The van der Waals surface area contributed by atoms with E-state index in [1.54, 1.807) is 0 Å². The summed E-state index contributed by atoms with van der Waals surface area (Å²) in [6.45, 7) is 1.97. The van der Waals surface area contributed by atoms with Crippen LogP contribution in [0.2, 0.25) is 5.02 Å². The van der Waals surface area contributed by atoms with Gasteiger partial charge in [0, 0.05) is 22.1 Å². The molecule has 0 unspecified atom stereocenters. The first-order chi connectivity index (χ1) is 15.7. The molecule has 0 radical (unpaired) electrons. The van der Waals surface area contributed by atoms with Crippen LogP contribution in [0.1, 0.15) is 12.0 Å². The summed E-state index contributed by atoms with van der Waals surface area (Å²) in [5, 5.41) is 3.29. The fraction of sp³-hybridized carbons (Fsp3) is 0.308. The maximum Gasteiger partial charge on any atom is 0.280 e. The highest BCUT2D eigenvalue weighted by molar-refractivity contribution is 7.99. The van der Waals surface area contributed by atoms with E-state index in [4.69, 9.17) is 21.1 Å². The molecule has 32 heavy (non-hydrogen) atoms. The van der Waals surface area contributed by atoms with Crippen LogP contribution < -0.4 is 0 Å². The third kappa shape index (κ3) is 5.24. The molecule has 0 N–H and O–H groups in total. The van der Waals surface area contributed by atoms with Crippen molar-refractivity contribution in [3.63, 3.8) is 0 Å². The summed E-state index contributed by atoms with van der Waals surface area (Å²) in [5.41, 5.74) is 1.23. The second kappa shape index (κ2) is 9.75. The van der Waals surface area contributed by atoms with E-state index in [1.807, 2.05) is 30.2 Å². The zero-order valence-electron chi connectivity index (χ0n) is 17.8. The average Bonchev–Trinajstić information content (AvgIpc) is 3.48. The molecule has 2 heterocycles. The number of hydrogen-bond donors (Lipinski definition) is 0. The molecule has 2 atom stereocenters. The predicted octanol–water partition coefficient (Wildman–Crippen LogP) is 5.46. The van der Waals surface area contributed by atoms with Crippen LogP contribution in [-0.4, -0.2) is 54.5 Å². The number of fused-ring (bicyclic) bond motifs is 1. The molecule has 5 rings (SSSR count). The summed E-state index contributed by atoms with van der Waals surface area (Å²) in [6.07, 6.45) is 5.65. The van der Waals surface area contributed by atoms with Crippen molar-refractivity contribution in [3.05, 3.63) is 77.3 Å². The van der Waals surface area contributed by atoms with Gasteiger partial charge < -0.3 is 9.47 Å². The molecule has 2 aliphatic heterocycles. The summed E-state index contributed by atoms with van der Waals surface area (Å²) in [4.78, 5) is 5.56. The van der Waals surface area contributed by atoms with Crippen molar-refractivity contribution in [2.24, 2.45) is 4.99 Å². The zero-order valence-corrected chi connectivity index (χ0v) is 19.4. The molecule has 0 aromatic heterocycles. The van der Waals surface area contributed by atoms with Gasteiger partial charge in [-0.1, -0.05) is 59.1 Å². The van der Waals surface area contributed by atoms with E-state index in [2.05, 4.69) is 70.4 Å². The Kier molecular flexibility index (Phi) is 6.60. The standard InChI is InChI=1S/C26H26ClN2O2S/c27-23-8-5-20(6-9-23)11-12-26(18-29-14-13-28-19-29)30-16-24(31-26)17-32-25-10-7-21-3-1-2-4-22(21)15-25/h1-10,14-15,19,24H,11-13,16-18H2/q+1/t24-,26-/m0/s1. The third-order valence-corrected chi connectivity index (χ3v) is 7.23. The summed E-state index contributed by atoms with van der Waals surface area (Å²) >= 11 is 7.86. The molecule has 0 aliphatic carbocycles. The lowest BCUT2D eigenvalue weighted by molar-refractivity contribution is -0.443. The highest BCUT2D eigenvalue weighted by Gasteiger charge is 2.43. The topological polar surface area (TPSA) is 33.8 Å². The molecule has 1 saturated heterocycles. The van der Waals surface area contributed by atoms with Gasteiger partial charge in [-0.15, -0.1) is 11.8 Å². The molecular formula is C26H26ClN2O2S+. The Morgan fingerprint density at radius 1 is 1.06 bits per heavy atom. The Morgan fingerprint density at radius 3 is 2.72 bits per heavy atom. The van der Waals surface area contributed by atoms with Crippen LogP contribution in [0.15, 0.2) is 76.6 Å². The van der Waals surface area contributed by atoms with Gasteiger partial charge in [-0.2, -0.15) is 0 Å². The molecule has 2 aliphatic rings. The number of benzene rings is 3. The van der Waals surface area contributed by atoms with Crippen molar-refractivity contribution < 1.29 is 14.0 Å². The van der Waals surface area contributed by atoms with E-state index in [9.17, 15) is 0 Å². The molecule has 1 fully saturated rings. The number of nitrogens with zero attached hydrogens (tertiary/aromatic N) is 2. The van der Waals surface area contributed by atoms with E-state index in [1.165, 1.54) is 21.2 Å². The third-order valence-electron chi connectivity index (χ3n) is 5.85. The lowest BCUT2D eigenvalue weighted by atomic mass is 10.0. The monoisotopic (exact) mass is 465 g/mol. The van der Waals surface area contributed by atoms with Crippen molar-refractivity contribution in [3.8, 4) is 0 Å². The number of rotatable bonds is 8. The first-order valence-electron chi connectivity index (χ1n) is 10.9.